The fourth-order valence-electron chi connectivity index (χ4n) is 7.43. The lowest BCUT2D eigenvalue weighted by atomic mass is 9.45. The van der Waals surface area contributed by atoms with E-state index in [4.69, 9.17) is 9.47 Å². The molecule has 4 aliphatic rings. The maximum absolute atomic E-state index is 12.5. The molecule has 1 saturated heterocycles. The maximum Gasteiger partial charge on any atom is 0.165 e. The zero-order valence-electron chi connectivity index (χ0n) is 18.9. The van der Waals surface area contributed by atoms with Crippen LogP contribution < -0.4 is 9.47 Å². The van der Waals surface area contributed by atoms with E-state index in [0.717, 1.165) is 56.7 Å². The lowest BCUT2D eigenvalue weighted by Crippen LogP contribution is -2.77. The second-order valence-electron chi connectivity index (χ2n) is 10.8. The zero-order valence-corrected chi connectivity index (χ0v) is 18.9. The highest BCUT2D eigenvalue weighted by Gasteiger charge is 2.74. The Morgan fingerprint density at radius 2 is 1.90 bits per heavy atom. The van der Waals surface area contributed by atoms with E-state index in [2.05, 4.69) is 61.2 Å². The van der Waals surface area contributed by atoms with Crippen molar-refractivity contribution in [1.29, 1.82) is 0 Å². The van der Waals surface area contributed by atoms with Gasteiger partial charge in [0.25, 0.3) is 0 Å². The van der Waals surface area contributed by atoms with Crippen LogP contribution in [0.2, 0.25) is 0 Å². The Labute approximate surface area is 185 Å². The third kappa shape index (κ3) is 2.44. The van der Waals surface area contributed by atoms with Crippen LogP contribution in [0.3, 0.4) is 0 Å². The van der Waals surface area contributed by atoms with Crippen LogP contribution >= 0.6 is 0 Å². The summed E-state index contributed by atoms with van der Waals surface area (Å²) in [4.78, 5) is 2.57. The lowest BCUT2D eigenvalue weighted by molar-refractivity contribution is -0.210. The molecular weight excluding hydrogens is 386 g/mol. The Morgan fingerprint density at radius 3 is 2.68 bits per heavy atom. The van der Waals surface area contributed by atoms with E-state index in [0.29, 0.717) is 0 Å². The molecule has 164 valence electrons. The topological polar surface area (TPSA) is 41.9 Å². The molecule has 2 bridgehead atoms. The first-order chi connectivity index (χ1) is 14.9. The third-order valence-electron chi connectivity index (χ3n) is 8.92. The van der Waals surface area contributed by atoms with E-state index in [1.165, 1.54) is 16.7 Å². The van der Waals surface area contributed by atoms with E-state index in [1.807, 2.05) is 0 Å². The van der Waals surface area contributed by atoms with Gasteiger partial charge in [0.1, 0.15) is 6.10 Å². The van der Waals surface area contributed by atoms with Crippen LogP contribution in [0, 0.1) is 5.41 Å². The number of benzene rings is 2. The Morgan fingerprint density at radius 1 is 1.10 bits per heavy atom. The van der Waals surface area contributed by atoms with Crippen molar-refractivity contribution in [2.75, 3.05) is 20.2 Å². The smallest absolute Gasteiger partial charge is 0.165 e. The number of piperidine rings is 1. The van der Waals surface area contributed by atoms with Crippen molar-refractivity contribution in [2.45, 2.75) is 69.1 Å². The highest BCUT2D eigenvalue weighted by Crippen LogP contribution is 2.68. The summed E-state index contributed by atoms with van der Waals surface area (Å²) in [6.45, 7) is 6.62. The molecule has 4 atom stereocenters. The van der Waals surface area contributed by atoms with E-state index < -0.39 is 5.60 Å². The first kappa shape index (κ1) is 19.6. The van der Waals surface area contributed by atoms with Crippen LogP contribution in [0.25, 0.3) is 0 Å². The van der Waals surface area contributed by atoms with Crippen molar-refractivity contribution >= 4 is 0 Å². The SMILES string of the molecule is COc1ccc2c3c1O[C@@H]1C(C)(C)CC[C@]4(O)[C@H](C2)N(CCc2ccccc2)CC[C@@]314. The predicted molar refractivity (Wildman–Crippen MR) is 121 cm³/mol. The Bertz CT molecular complexity index is 1020. The van der Waals surface area contributed by atoms with Gasteiger partial charge in [0.2, 0.25) is 0 Å². The molecule has 2 aromatic rings. The van der Waals surface area contributed by atoms with Crippen molar-refractivity contribution in [1.82, 2.24) is 4.90 Å². The number of likely N-dealkylation sites (tertiary alicyclic amines) is 1. The van der Waals surface area contributed by atoms with E-state index >= 15 is 0 Å². The molecule has 1 spiro atoms. The number of hydrogen-bond acceptors (Lipinski definition) is 4. The summed E-state index contributed by atoms with van der Waals surface area (Å²) in [7, 11) is 1.72. The summed E-state index contributed by atoms with van der Waals surface area (Å²) >= 11 is 0. The molecule has 1 N–H and O–H groups in total. The monoisotopic (exact) mass is 419 g/mol. The number of methoxy groups -OCH3 is 1. The van der Waals surface area contributed by atoms with Gasteiger partial charge in [-0.05, 0) is 55.8 Å². The van der Waals surface area contributed by atoms with Crippen LogP contribution in [-0.4, -0.2) is 48.0 Å². The molecule has 0 amide bonds. The van der Waals surface area contributed by atoms with Gasteiger partial charge in [-0.1, -0.05) is 50.2 Å². The number of ether oxygens (including phenoxy) is 2. The minimum absolute atomic E-state index is 0.0112. The Kier molecular flexibility index (Phi) is 4.11. The summed E-state index contributed by atoms with van der Waals surface area (Å²) in [5.74, 6) is 1.71. The molecule has 0 aromatic heterocycles. The average molecular weight is 420 g/mol. The first-order valence-corrected chi connectivity index (χ1v) is 11.8. The van der Waals surface area contributed by atoms with Crippen molar-refractivity contribution in [2.24, 2.45) is 5.41 Å². The molecule has 4 heteroatoms. The van der Waals surface area contributed by atoms with Crippen LogP contribution in [-0.2, 0) is 18.3 Å². The molecule has 2 aromatic carbocycles. The van der Waals surface area contributed by atoms with Gasteiger partial charge in [-0.3, -0.25) is 4.90 Å². The molecule has 6 rings (SSSR count). The normalized spacial score (nSPS) is 34.7. The Balaban J connectivity index is 1.44. The minimum Gasteiger partial charge on any atom is -0.493 e. The molecule has 2 heterocycles. The molecule has 0 unspecified atom stereocenters. The van der Waals surface area contributed by atoms with Crippen LogP contribution in [0.4, 0.5) is 0 Å². The van der Waals surface area contributed by atoms with Crippen molar-refractivity contribution < 1.29 is 14.6 Å². The molecule has 31 heavy (non-hydrogen) atoms. The number of nitrogens with zero attached hydrogens (tertiary/aromatic N) is 1. The molecule has 4 nitrogen and oxygen atoms in total. The van der Waals surface area contributed by atoms with Crippen molar-refractivity contribution in [3.8, 4) is 11.5 Å². The summed E-state index contributed by atoms with van der Waals surface area (Å²) in [5.41, 5.74) is 2.89. The fraction of sp³-hybridized carbons (Fsp3) is 0.556. The number of aliphatic hydroxyl groups is 1. The summed E-state index contributed by atoms with van der Waals surface area (Å²) in [6.07, 6.45) is 4.65. The lowest BCUT2D eigenvalue weighted by Gasteiger charge is -2.65. The van der Waals surface area contributed by atoms with Gasteiger partial charge in [0, 0.05) is 23.6 Å². The number of hydrogen-bond donors (Lipinski definition) is 1. The molecule has 1 saturated carbocycles. The minimum atomic E-state index is -0.757. The highest BCUT2D eigenvalue weighted by atomic mass is 16.5. The second-order valence-corrected chi connectivity index (χ2v) is 10.8. The van der Waals surface area contributed by atoms with Gasteiger partial charge < -0.3 is 14.6 Å². The zero-order chi connectivity index (χ0) is 21.4. The standard InChI is InChI=1S/C27H33NO3/c1-25(2)12-13-27(29)21-17-19-9-10-20(30-3)23-22(19)26(27,24(25)31-23)14-16-28(21)15-11-18-7-5-4-6-8-18/h4-10,21,24,29H,11-17H2,1-3H3/t21-,24+,26+,27-/m0/s1. The van der Waals surface area contributed by atoms with Gasteiger partial charge in [-0.15, -0.1) is 0 Å². The van der Waals surface area contributed by atoms with Gasteiger partial charge in [0.05, 0.1) is 18.1 Å². The highest BCUT2D eigenvalue weighted by molar-refractivity contribution is 5.63. The van der Waals surface area contributed by atoms with Crippen LogP contribution in [0.15, 0.2) is 42.5 Å². The summed E-state index contributed by atoms with van der Waals surface area (Å²) < 4.78 is 12.4. The quantitative estimate of drug-likeness (QED) is 0.810. The Hall–Kier alpha value is -2.04. The molecule has 2 aliphatic heterocycles. The second kappa shape index (κ2) is 6.49. The first-order valence-electron chi connectivity index (χ1n) is 11.8. The maximum atomic E-state index is 12.5. The summed E-state index contributed by atoms with van der Waals surface area (Å²) in [6, 6.07) is 15.1. The van der Waals surface area contributed by atoms with E-state index in [1.54, 1.807) is 7.11 Å². The van der Waals surface area contributed by atoms with Crippen molar-refractivity contribution in [3.05, 3.63) is 59.2 Å². The predicted octanol–water partition coefficient (Wildman–Crippen LogP) is 4.12. The molecule has 2 fully saturated rings. The van der Waals surface area contributed by atoms with Crippen LogP contribution in [0.1, 0.15) is 49.8 Å². The largest absolute Gasteiger partial charge is 0.493 e. The van der Waals surface area contributed by atoms with Gasteiger partial charge >= 0.3 is 0 Å². The van der Waals surface area contributed by atoms with E-state index in [9.17, 15) is 5.11 Å². The summed E-state index contributed by atoms with van der Waals surface area (Å²) in [5, 5.41) is 12.5. The van der Waals surface area contributed by atoms with Gasteiger partial charge in [-0.25, -0.2) is 0 Å². The average Bonchev–Trinajstić information content (AvgIpc) is 3.13. The van der Waals surface area contributed by atoms with Gasteiger partial charge in [0.15, 0.2) is 11.5 Å². The number of rotatable bonds is 4. The van der Waals surface area contributed by atoms with Gasteiger partial charge in [-0.2, -0.15) is 0 Å². The fourth-order valence-corrected chi connectivity index (χ4v) is 7.43. The molecule has 2 aliphatic carbocycles. The molecular formula is C27H33NO3. The van der Waals surface area contributed by atoms with E-state index in [-0.39, 0.29) is 23.0 Å². The van der Waals surface area contributed by atoms with Crippen LogP contribution in [0.5, 0.6) is 11.5 Å². The van der Waals surface area contributed by atoms with Crippen molar-refractivity contribution in [3.63, 3.8) is 0 Å². The molecule has 0 radical (unpaired) electrons. The third-order valence-corrected chi connectivity index (χ3v) is 8.92.